The van der Waals surface area contributed by atoms with E-state index in [1.807, 2.05) is 20.8 Å². The van der Waals surface area contributed by atoms with Crippen molar-refractivity contribution in [2.75, 3.05) is 22.9 Å². The highest BCUT2D eigenvalue weighted by Gasteiger charge is 2.12. The zero-order chi connectivity index (χ0) is 13.5. The summed E-state index contributed by atoms with van der Waals surface area (Å²) in [6.45, 7) is 6.26. The number of carbonyl (C=O) groups is 1. The first-order valence-corrected chi connectivity index (χ1v) is 7.21. The van der Waals surface area contributed by atoms with Gasteiger partial charge in [0.05, 0.1) is 12.5 Å². The van der Waals surface area contributed by atoms with Gasteiger partial charge in [-0.1, -0.05) is 29.5 Å². The van der Waals surface area contributed by atoms with Gasteiger partial charge >= 0.3 is 5.97 Å². The third-order valence-electron chi connectivity index (χ3n) is 2.12. The highest BCUT2D eigenvalue weighted by atomic mass is 127. The first-order valence-electron chi connectivity index (χ1n) is 5.68. The molecule has 6 nitrogen and oxygen atoms in total. The van der Waals surface area contributed by atoms with Crippen molar-refractivity contribution >= 4 is 34.5 Å². The SMILES string of the molecule is Cc1nc(C)nc(NCCOC(=O)C(C)CI)n1. The molecule has 0 fully saturated rings. The van der Waals surface area contributed by atoms with Crippen molar-refractivity contribution in [3.8, 4) is 0 Å². The van der Waals surface area contributed by atoms with Crippen LogP contribution in [-0.2, 0) is 9.53 Å². The predicted molar refractivity (Wildman–Crippen MR) is 76.8 cm³/mol. The summed E-state index contributed by atoms with van der Waals surface area (Å²) in [4.78, 5) is 23.7. The van der Waals surface area contributed by atoms with E-state index < -0.39 is 0 Å². The summed E-state index contributed by atoms with van der Waals surface area (Å²) in [6, 6.07) is 0. The van der Waals surface area contributed by atoms with Crippen molar-refractivity contribution in [3.05, 3.63) is 11.6 Å². The Kier molecular flexibility index (Phi) is 6.23. The molecule has 7 heteroatoms. The number of ether oxygens (including phenoxy) is 1. The third-order valence-corrected chi connectivity index (χ3v) is 3.44. The molecular weight excluding hydrogens is 347 g/mol. The number of hydrogen-bond acceptors (Lipinski definition) is 6. The van der Waals surface area contributed by atoms with Crippen LogP contribution in [0.1, 0.15) is 18.6 Å². The van der Waals surface area contributed by atoms with Gasteiger partial charge in [0.25, 0.3) is 0 Å². The van der Waals surface area contributed by atoms with Crippen molar-refractivity contribution in [1.29, 1.82) is 0 Å². The van der Waals surface area contributed by atoms with E-state index in [0.717, 1.165) is 4.43 Å². The van der Waals surface area contributed by atoms with Crippen molar-refractivity contribution in [2.45, 2.75) is 20.8 Å². The van der Waals surface area contributed by atoms with Crippen LogP contribution >= 0.6 is 22.6 Å². The molecule has 0 saturated heterocycles. The summed E-state index contributed by atoms with van der Waals surface area (Å²) in [5.41, 5.74) is 0. The number of aromatic nitrogens is 3. The van der Waals surface area contributed by atoms with E-state index >= 15 is 0 Å². The van der Waals surface area contributed by atoms with Crippen LogP contribution in [0.5, 0.6) is 0 Å². The number of nitrogens with one attached hydrogen (secondary N) is 1. The Hall–Kier alpha value is -0.990. The van der Waals surface area contributed by atoms with Gasteiger partial charge in [-0.2, -0.15) is 9.97 Å². The molecule has 0 amide bonds. The van der Waals surface area contributed by atoms with E-state index in [1.54, 1.807) is 0 Å². The lowest BCUT2D eigenvalue weighted by Gasteiger charge is -2.09. The van der Waals surface area contributed by atoms with Crippen LogP contribution in [0.4, 0.5) is 5.95 Å². The highest BCUT2D eigenvalue weighted by Crippen LogP contribution is 2.03. The molecule has 100 valence electrons. The first kappa shape index (κ1) is 15.1. The fourth-order valence-corrected chi connectivity index (χ4v) is 1.57. The molecule has 0 aliphatic rings. The molecule has 0 aliphatic heterocycles. The minimum atomic E-state index is -0.172. The van der Waals surface area contributed by atoms with E-state index in [9.17, 15) is 4.79 Å². The van der Waals surface area contributed by atoms with Gasteiger partial charge in [0, 0.05) is 4.43 Å². The molecular formula is C11H17IN4O2. The Balaban J connectivity index is 2.31. The van der Waals surface area contributed by atoms with Crippen LogP contribution in [0.15, 0.2) is 0 Å². The number of carbonyl (C=O) groups excluding carboxylic acids is 1. The van der Waals surface area contributed by atoms with Gasteiger partial charge in [0.15, 0.2) is 0 Å². The molecule has 0 bridgehead atoms. The highest BCUT2D eigenvalue weighted by molar-refractivity contribution is 14.1. The fourth-order valence-electron chi connectivity index (χ4n) is 1.21. The van der Waals surface area contributed by atoms with Gasteiger partial charge in [-0.3, -0.25) is 4.79 Å². The van der Waals surface area contributed by atoms with Gasteiger partial charge in [-0.25, -0.2) is 4.98 Å². The number of hydrogen-bond donors (Lipinski definition) is 1. The molecule has 1 unspecified atom stereocenters. The average Bonchev–Trinajstić information content (AvgIpc) is 2.32. The molecule has 0 aromatic carbocycles. The Morgan fingerprint density at radius 1 is 1.33 bits per heavy atom. The number of esters is 1. The van der Waals surface area contributed by atoms with Crippen LogP contribution in [0.2, 0.25) is 0 Å². The van der Waals surface area contributed by atoms with Crippen LogP contribution in [0.3, 0.4) is 0 Å². The second-order valence-corrected chi connectivity index (χ2v) is 4.78. The molecule has 1 atom stereocenters. The van der Waals surface area contributed by atoms with Gasteiger partial charge < -0.3 is 10.1 Å². The average molecular weight is 364 g/mol. The Morgan fingerprint density at radius 2 is 1.94 bits per heavy atom. The van der Waals surface area contributed by atoms with E-state index in [2.05, 4.69) is 42.9 Å². The second-order valence-electron chi connectivity index (χ2n) is 3.90. The molecule has 1 aromatic heterocycles. The van der Waals surface area contributed by atoms with E-state index in [-0.39, 0.29) is 11.9 Å². The number of halogens is 1. The van der Waals surface area contributed by atoms with Gasteiger partial charge in [-0.15, -0.1) is 0 Å². The minimum absolute atomic E-state index is 0.0627. The smallest absolute Gasteiger partial charge is 0.309 e. The van der Waals surface area contributed by atoms with Gasteiger partial charge in [0.2, 0.25) is 5.95 Å². The summed E-state index contributed by atoms with van der Waals surface area (Å²) in [6.07, 6.45) is 0. The molecule has 1 aromatic rings. The van der Waals surface area contributed by atoms with E-state index in [1.165, 1.54) is 0 Å². The zero-order valence-corrected chi connectivity index (χ0v) is 12.9. The summed E-state index contributed by atoms with van der Waals surface area (Å²) in [5.74, 6) is 1.61. The largest absolute Gasteiger partial charge is 0.464 e. The molecule has 18 heavy (non-hydrogen) atoms. The van der Waals surface area contributed by atoms with E-state index in [4.69, 9.17) is 4.74 Å². The monoisotopic (exact) mass is 364 g/mol. The number of nitrogens with zero attached hydrogens (tertiary/aromatic N) is 3. The molecule has 1 rings (SSSR count). The molecule has 1 heterocycles. The standard InChI is InChI=1S/C11H17IN4O2/c1-7(6-12)10(17)18-5-4-13-11-15-8(2)14-9(3)16-11/h7H,4-6H2,1-3H3,(H,13,14,15,16). The maximum absolute atomic E-state index is 11.4. The summed E-state index contributed by atoms with van der Waals surface area (Å²) >= 11 is 2.16. The second kappa shape index (κ2) is 7.45. The van der Waals surface area contributed by atoms with Gasteiger partial charge in [-0.05, 0) is 13.8 Å². The first-order chi connectivity index (χ1) is 8.52. The third kappa shape index (κ3) is 5.11. The number of anilines is 1. The molecule has 0 spiro atoms. The lowest BCUT2D eigenvalue weighted by Crippen LogP contribution is -2.20. The number of rotatable bonds is 6. The fraction of sp³-hybridized carbons (Fsp3) is 0.636. The van der Waals surface area contributed by atoms with Crippen LogP contribution in [-0.4, -0.2) is 38.5 Å². The maximum Gasteiger partial charge on any atom is 0.309 e. The van der Waals surface area contributed by atoms with Crippen molar-refractivity contribution in [1.82, 2.24) is 15.0 Å². The molecule has 1 N–H and O–H groups in total. The topological polar surface area (TPSA) is 77.0 Å². The van der Waals surface area contributed by atoms with Crippen molar-refractivity contribution < 1.29 is 9.53 Å². The maximum atomic E-state index is 11.4. The van der Waals surface area contributed by atoms with Crippen LogP contribution < -0.4 is 5.32 Å². The Bertz CT molecular complexity index is 394. The number of alkyl halides is 1. The van der Waals surface area contributed by atoms with Crippen molar-refractivity contribution in [3.63, 3.8) is 0 Å². The summed E-state index contributed by atoms with van der Waals surface area (Å²) in [5, 5.41) is 3.00. The van der Waals surface area contributed by atoms with E-state index in [0.29, 0.717) is 30.7 Å². The van der Waals surface area contributed by atoms with Gasteiger partial charge in [0.1, 0.15) is 18.3 Å². The Morgan fingerprint density at radius 3 is 2.50 bits per heavy atom. The summed E-state index contributed by atoms with van der Waals surface area (Å²) in [7, 11) is 0. The van der Waals surface area contributed by atoms with Crippen LogP contribution in [0.25, 0.3) is 0 Å². The molecule has 0 radical (unpaired) electrons. The molecule has 0 saturated carbocycles. The zero-order valence-electron chi connectivity index (χ0n) is 10.7. The number of aryl methyl sites for hydroxylation is 2. The lowest BCUT2D eigenvalue weighted by atomic mass is 10.2. The Labute approximate surface area is 120 Å². The quantitative estimate of drug-likeness (QED) is 0.357. The van der Waals surface area contributed by atoms with Crippen LogP contribution in [0, 0.1) is 19.8 Å². The lowest BCUT2D eigenvalue weighted by molar-refractivity contribution is -0.146. The molecule has 0 aliphatic carbocycles. The predicted octanol–water partition coefficient (Wildman–Crippen LogP) is 1.51. The van der Waals surface area contributed by atoms with Crippen molar-refractivity contribution in [2.24, 2.45) is 5.92 Å². The summed E-state index contributed by atoms with van der Waals surface area (Å²) < 4.78 is 5.86. The normalized spacial score (nSPS) is 12.0. The minimum Gasteiger partial charge on any atom is -0.464 e.